The van der Waals surface area contributed by atoms with Crippen LogP contribution in [0.4, 0.5) is 11.4 Å². The predicted octanol–water partition coefficient (Wildman–Crippen LogP) is 4.43. The van der Waals surface area contributed by atoms with Crippen LogP contribution >= 0.6 is 0 Å². The first-order chi connectivity index (χ1) is 15.4. The molecule has 1 aliphatic heterocycles. The number of anilines is 2. The van der Waals surface area contributed by atoms with E-state index in [0.29, 0.717) is 34.2 Å². The molecule has 0 fully saturated rings. The number of para-hydroxylation sites is 3. The molecule has 1 unspecified atom stereocenters. The number of fused-ring (bicyclic) bond motifs is 1. The van der Waals surface area contributed by atoms with E-state index in [4.69, 9.17) is 9.47 Å². The van der Waals surface area contributed by atoms with Gasteiger partial charge in [0.15, 0.2) is 18.1 Å². The summed E-state index contributed by atoms with van der Waals surface area (Å²) in [5.74, 6) is 0.651. The van der Waals surface area contributed by atoms with Crippen LogP contribution < -0.4 is 19.7 Å². The number of carbonyl (C=O) groups excluding carboxylic acids is 3. The molecule has 7 nitrogen and oxygen atoms in total. The molecular formula is C25H22N2O5. The summed E-state index contributed by atoms with van der Waals surface area (Å²) < 4.78 is 11.4. The van der Waals surface area contributed by atoms with Crippen molar-refractivity contribution in [1.29, 1.82) is 0 Å². The van der Waals surface area contributed by atoms with E-state index in [1.54, 1.807) is 43.3 Å². The lowest BCUT2D eigenvalue weighted by Crippen LogP contribution is -2.49. The maximum absolute atomic E-state index is 13.1. The summed E-state index contributed by atoms with van der Waals surface area (Å²) in [7, 11) is 0. The minimum atomic E-state index is -0.850. The molecule has 0 radical (unpaired) electrons. The molecule has 162 valence electrons. The number of benzene rings is 3. The summed E-state index contributed by atoms with van der Waals surface area (Å²) >= 11 is 0. The van der Waals surface area contributed by atoms with E-state index in [1.807, 2.05) is 36.4 Å². The van der Waals surface area contributed by atoms with Gasteiger partial charge in [-0.2, -0.15) is 0 Å². The van der Waals surface area contributed by atoms with Gasteiger partial charge in [0.1, 0.15) is 17.5 Å². The molecule has 3 aromatic rings. The predicted molar refractivity (Wildman–Crippen MR) is 120 cm³/mol. The number of hydrogen-bond acceptors (Lipinski definition) is 5. The first kappa shape index (κ1) is 21.1. The molecule has 0 aliphatic carbocycles. The van der Waals surface area contributed by atoms with Crippen molar-refractivity contribution in [3.63, 3.8) is 0 Å². The number of nitrogens with one attached hydrogen (secondary N) is 1. The molecule has 32 heavy (non-hydrogen) atoms. The molecule has 1 aliphatic rings. The van der Waals surface area contributed by atoms with Crippen molar-refractivity contribution in [2.24, 2.45) is 0 Å². The van der Waals surface area contributed by atoms with Crippen LogP contribution in [0.1, 0.15) is 24.2 Å². The Balaban J connectivity index is 1.59. The number of rotatable bonds is 6. The second kappa shape index (κ2) is 8.93. The zero-order chi connectivity index (χ0) is 22.7. The van der Waals surface area contributed by atoms with E-state index in [9.17, 15) is 14.4 Å². The molecule has 2 amide bonds. The third kappa shape index (κ3) is 4.32. The van der Waals surface area contributed by atoms with Gasteiger partial charge in [0.05, 0.1) is 11.4 Å². The quantitative estimate of drug-likeness (QED) is 0.585. The number of Topliss-reactive ketones (excluding diaryl/α,β-unsaturated/α-hetero) is 1. The fraction of sp³-hybridized carbons (Fsp3) is 0.160. The van der Waals surface area contributed by atoms with E-state index in [0.717, 1.165) is 0 Å². The van der Waals surface area contributed by atoms with Crippen molar-refractivity contribution in [2.75, 3.05) is 16.8 Å². The zero-order valence-corrected chi connectivity index (χ0v) is 17.7. The second-order valence-electron chi connectivity index (χ2n) is 7.37. The van der Waals surface area contributed by atoms with Crippen molar-refractivity contribution >= 4 is 29.0 Å². The number of hydrogen-bond donors (Lipinski definition) is 1. The van der Waals surface area contributed by atoms with E-state index < -0.39 is 11.9 Å². The maximum atomic E-state index is 13.1. The average molecular weight is 430 g/mol. The van der Waals surface area contributed by atoms with E-state index in [1.165, 1.54) is 11.8 Å². The number of nitrogens with zero attached hydrogens (tertiary/aromatic N) is 1. The minimum Gasteiger partial charge on any atom is -0.482 e. The Labute approximate surface area is 185 Å². The SMILES string of the molecule is CC(=O)c1ccc2c(c1)N(C(C)C(=O)Nc1ccccc1Oc1ccccc1)C(=O)CO2. The van der Waals surface area contributed by atoms with Gasteiger partial charge in [-0.15, -0.1) is 0 Å². The summed E-state index contributed by atoms with van der Waals surface area (Å²) in [6.07, 6.45) is 0. The zero-order valence-electron chi connectivity index (χ0n) is 17.7. The van der Waals surface area contributed by atoms with E-state index >= 15 is 0 Å². The monoisotopic (exact) mass is 430 g/mol. The van der Waals surface area contributed by atoms with Crippen molar-refractivity contribution in [1.82, 2.24) is 0 Å². The highest BCUT2D eigenvalue weighted by Crippen LogP contribution is 2.35. The molecule has 0 aromatic heterocycles. The smallest absolute Gasteiger partial charge is 0.265 e. The highest BCUT2D eigenvalue weighted by atomic mass is 16.5. The lowest BCUT2D eigenvalue weighted by atomic mass is 10.1. The van der Waals surface area contributed by atoms with Gasteiger partial charge >= 0.3 is 0 Å². The summed E-state index contributed by atoms with van der Waals surface area (Å²) in [5.41, 5.74) is 1.30. The highest BCUT2D eigenvalue weighted by molar-refractivity contribution is 6.08. The Morgan fingerprint density at radius 3 is 2.50 bits per heavy atom. The first-order valence-electron chi connectivity index (χ1n) is 10.2. The van der Waals surface area contributed by atoms with Crippen LogP contribution in [0, 0.1) is 0 Å². The van der Waals surface area contributed by atoms with Crippen LogP contribution in [0.2, 0.25) is 0 Å². The molecule has 0 spiro atoms. The van der Waals surface area contributed by atoms with Crippen LogP contribution in [0.3, 0.4) is 0 Å². The standard InChI is InChI=1S/C25H22N2O5/c1-16(27-21-14-18(17(2)28)12-13-23(21)31-15-24(27)29)25(30)26-20-10-6-7-11-22(20)32-19-8-4-3-5-9-19/h3-14,16H,15H2,1-2H3,(H,26,30). The number of ketones is 1. The lowest BCUT2D eigenvalue weighted by molar-refractivity contribution is -0.125. The maximum Gasteiger partial charge on any atom is 0.265 e. The van der Waals surface area contributed by atoms with E-state index in [-0.39, 0.29) is 18.3 Å². The normalized spacial score (nSPS) is 13.6. The Hall–Kier alpha value is -4.13. The molecule has 0 saturated heterocycles. The Bertz CT molecular complexity index is 1180. The molecule has 1 atom stereocenters. The Kier molecular flexibility index (Phi) is 5.89. The molecule has 1 heterocycles. The first-order valence-corrected chi connectivity index (χ1v) is 10.2. The fourth-order valence-electron chi connectivity index (χ4n) is 3.44. The third-order valence-electron chi connectivity index (χ3n) is 5.13. The van der Waals surface area contributed by atoms with Crippen LogP contribution in [0.25, 0.3) is 0 Å². The number of ether oxygens (including phenoxy) is 2. The third-order valence-corrected chi connectivity index (χ3v) is 5.13. The van der Waals surface area contributed by atoms with Crippen LogP contribution in [-0.4, -0.2) is 30.2 Å². The molecule has 7 heteroatoms. The van der Waals surface area contributed by atoms with Crippen molar-refractivity contribution < 1.29 is 23.9 Å². The lowest BCUT2D eigenvalue weighted by Gasteiger charge is -2.33. The van der Waals surface area contributed by atoms with Crippen molar-refractivity contribution in [3.8, 4) is 17.2 Å². The second-order valence-corrected chi connectivity index (χ2v) is 7.37. The summed E-state index contributed by atoms with van der Waals surface area (Å²) in [5, 5.41) is 2.85. The Morgan fingerprint density at radius 1 is 1.03 bits per heavy atom. The van der Waals surface area contributed by atoms with Gasteiger partial charge in [0.25, 0.3) is 5.91 Å². The molecule has 0 saturated carbocycles. The molecule has 0 bridgehead atoms. The van der Waals surface area contributed by atoms with Gasteiger partial charge < -0.3 is 14.8 Å². The van der Waals surface area contributed by atoms with Crippen LogP contribution in [0.5, 0.6) is 17.2 Å². The van der Waals surface area contributed by atoms with E-state index in [2.05, 4.69) is 5.32 Å². The Morgan fingerprint density at radius 2 is 1.75 bits per heavy atom. The number of amides is 2. The van der Waals surface area contributed by atoms with Crippen molar-refractivity contribution in [2.45, 2.75) is 19.9 Å². The topological polar surface area (TPSA) is 84.9 Å². The van der Waals surface area contributed by atoms with Crippen LogP contribution in [0.15, 0.2) is 72.8 Å². The molecule has 3 aromatic carbocycles. The van der Waals surface area contributed by atoms with Gasteiger partial charge in [0.2, 0.25) is 5.91 Å². The van der Waals surface area contributed by atoms with Gasteiger partial charge in [-0.25, -0.2) is 0 Å². The van der Waals surface area contributed by atoms with Gasteiger partial charge in [-0.3, -0.25) is 19.3 Å². The highest BCUT2D eigenvalue weighted by Gasteiger charge is 2.33. The van der Waals surface area contributed by atoms with Crippen LogP contribution in [-0.2, 0) is 9.59 Å². The summed E-state index contributed by atoms with van der Waals surface area (Å²) in [6.45, 7) is 2.89. The fourth-order valence-corrected chi connectivity index (χ4v) is 3.44. The van der Waals surface area contributed by atoms with Gasteiger partial charge in [0, 0.05) is 5.56 Å². The van der Waals surface area contributed by atoms with Gasteiger partial charge in [-0.1, -0.05) is 30.3 Å². The van der Waals surface area contributed by atoms with Gasteiger partial charge in [-0.05, 0) is 56.3 Å². The number of carbonyl (C=O) groups is 3. The molecule has 4 rings (SSSR count). The van der Waals surface area contributed by atoms with Crippen molar-refractivity contribution in [3.05, 3.63) is 78.4 Å². The molecule has 1 N–H and O–H groups in total. The minimum absolute atomic E-state index is 0.144. The molecular weight excluding hydrogens is 408 g/mol. The largest absolute Gasteiger partial charge is 0.482 e. The average Bonchev–Trinajstić information content (AvgIpc) is 2.80. The summed E-state index contributed by atoms with van der Waals surface area (Å²) in [6, 6.07) is 20.3. The summed E-state index contributed by atoms with van der Waals surface area (Å²) in [4.78, 5) is 39.0.